The van der Waals surface area contributed by atoms with Crippen LogP contribution in [-0.2, 0) is 0 Å². The lowest BCUT2D eigenvalue weighted by molar-refractivity contribution is 0.393. The summed E-state index contributed by atoms with van der Waals surface area (Å²) < 4.78 is 0. The lowest BCUT2D eigenvalue weighted by atomic mass is 9.93. The van der Waals surface area contributed by atoms with Gasteiger partial charge in [0.2, 0.25) is 0 Å². The molecule has 0 heteroatoms. The second-order valence-electron chi connectivity index (χ2n) is 4.37. The fourth-order valence-corrected chi connectivity index (χ4v) is 2.39. The van der Waals surface area contributed by atoms with E-state index in [1.165, 1.54) is 31.1 Å². The van der Waals surface area contributed by atoms with Crippen LogP contribution in [0.3, 0.4) is 0 Å². The van der Waals surface area contributed by atoms with Gasteiger partial charge in [0.25, 0.3) is 0 Å². The molecule has 2 aliphatic rings. The summed E-state index contributed by atoms with van der Waals surface area (Å²) in [6.07, 6.45) is 9.21. The van der Waals surface area contributed by atoms with Crippen molar-refractivity contribution in [3.8, 4) is 0 Å². The minimum absolute atomic E-state index is 1.03. The molecule has 0 aromatic carbocycles. The molecule has 0 N–H and O–H groups in total. The zero-order chi connectivity index (χ0) is 6.97. The smallest absolute Gasteiger partial charge is 0.0383 e. The van der Waals surface area contributed by atoms with Crippen molar-refractivity contribution in [1.82, 2.24) is 0 Å². The van der Waals surface area contributed by atoms with Crippen LogP contribution in [0.2, 0.25) is 0 Å². The molecular weight excluding hydrogens is 120 g/mol. The molecular formula is C10H18. The lowest BCUT2D eigenvalue weighted by Crippen LogP contribution is -2.00. The first-order valence-corrected chi connectivity index (χ1v) is 4.86. The monoisotopic (exact) mass is 138 g/mol. The Labute approximate surface area is 64.0 Å². The van der Waals surface area contributed by atoms with Crippen molar-refractivity contribution in [3.63, 3.8) is 0 Å². The van der Waals surface area contributed by atoms with Crippen molar-refractivity contribution in [3.05, 3.63) is 0 Å². The number of hydrogen-bond acceptors (Lipinski definition) is 0. The molecule has 1 unspecified atom stereocenters. The van der Waals surface area contributed by atoms with E-state index in [2.05, 4.69) is 6.92 Å². The van der Waals surface area contributed by atoms with Crippen LogP contribution in [0.1, 0.15) is 45.4 Å². The van der Waals surface area contributed by atoms with Crippen LogP contribution in [0, 0.1) is 17.8 Å². The van der Waals surface area contributed by atoms with Gasteiger partial charge < -0.3 is 0 Å². The molecule has 0 amide bonds. The Bertz CT molecular complexity index is 115. The normalized spacial score (nSPS) is 47.1. The molecule has 2 fully saturated rings. The van der Waals surface area contributed by atoms with Crippen LogP contribution in [0.25, 0.3) is 0 Å². The van der Waals surface area contributed by atoms with Gasteiger partial charge in [-0.25, -0.2) is 0 Å². The fraction of sp³-hybridized carbons (Fsp3) is 1.00. The molecule has 0 aromatic rings. The Morgan fingerprint density at radius 1 is 0.900 bits per heavy atom. The molecule has 2 saturated carbocycles. The van der Waals surface area contributed by atoms with Crippen molar-refractivity contribution < 1.29 is 0 Å². The maximum atomic E-state index is 2.42. The van der Waals surface area contributed by atoms with Crippen LogP contribution < -0.4 is 0 Å². The number of fused-ring (bicyclic) bond motifs is 1. The van der Waals surface area contributed by atoms with E-state index in [1.807, 2.05) is 0 Å². The average molecular weight is 138 g/mol. The summed E-state index contributed by atoms with van der Waals surface area (Å²) in [6.45, 7) is 2.42. The van der Waals surface area contributed by atoms with E-state index in [0.29, 0.717) is 0 Å². The van der Waals surface area contributed by atoms with Crippen LogP contribution in [-0.4, -0.2) is 0 Å². The highest BCUT2D eigenvalue weighted by Crippen LogP contribution is 2.47. The average Bonchev–Trinajstić information content (AvgIpc) is 2.59. The van der Waals surface area contributed by atoms with Crippen molar-refractivity contribution in [2.75, 3.05) is 0 Å². The van der Waals surface area contributed by atoms with Crippen LogP contribution >= 0.6 is 0 Å². The maximum Gasteiger partial charge on any atom is -0.0383 e. The molecule has 0 saturated heterocycles. The first-order valence-electron chi connectivity index (χ1n) is 4.86. The van der Waals surface area contributed by atoms with E-state index in [9.17, 15) is 0 Å². The summed E-state index contributed by atoms with van der Waals surface area (Å²) in [5.74, 6) is 3.37. The van der Waals surface area contributed by atoms with Gasteiger partial charge in [0.15, 0.2) is 0 Å². The van der Waals surface area contributed by atoms with E-state index < -0.39 is 0 Å². The molecule has 0 heterocycles. The molecule has 58 valence electrons. The number of rotatable bonds is 0. The summed E-state index contributed by atoms with van der Waals surface area (Å²) in [6, 6.07) is 0. The van der Waals surface area contributed by atoms with Gasteiger partial charge in [-0.3, -0.25) is 0 Å². The van der Waals surface area contributed by atoms with E-state index in [0.717, 1.165) is 5.92 Å². The Hall–Kier alpha value is 0. The highest BCUT2D eigenvalue weighted by Gasteiger charge is 2.36. The molecule has 3 atom stereocenters. The fourth-order valence-electron chi connectivity index (χ4n) is 2.39. The molecule has 0 bridgehead atoms. The third-order valence-electron chi connectivity index (χ3n) is 3.37. The van der Waals surface area contributed by atoms with Gasteiger partial charge in [0.05, 0.1) is 0 Å². The highest BCUT2D eigenvalue weighted by atomic mass is 14.4. The van der Waals surface area contributed by atoms with Gasteiger partial charge in [-0.2, -0.15) is 0 Å². The minimum atomic E-state index is 1.03. The summed E-state index contributed by atoms with van der Waals surface area (Å²) in [4.78, 5) is 0. The zero-order valence-electron chi connectivity index (χ0n) is 6.97. The minimum Gasteiger partial charge on any atom is -0.0625 e. The molecule has 0 spiro atoms. The molecule has 10 heavy (non-hydrogen) atoms. The summed E-state index contributed by atoms with van der Waals surface area (Å²) in [7, 11) is 0. The largest absolute Gasteiger partial charge is 0.0625 e. The third kappa shape index (κ3) is 1.36. The Kier molecular flexibility index (Phi) is 1.71. The van der Waals surface area contributed by atoms with Gasteiger partial charge >= 0.3 is 0 Å². The van der Waals surface area contributed by atoms with Gasteiger partial charge in [-0.1, -0.05) is 32.6 Å². The summed E-state index contributed by atoms with van der Waals surface area (Å²) in [5, 5.41) is 0. The van der Waals surface area contributed by atoms with E-state index in [4.69, 9.17) is 0 Å². The molecule has 0 radical (unpaired) electrons. The van der Waals surface area contributed by atoms with Gasteiger partial charge in [0.1, 0.15) is 0 Å². The van der Waals surface area contributed by atoms with Crippen molar-refractivity contribution >= 4 is 0 Å². The van der Waals surface area contributed by atoms with Gasteiger partial charge in [-0.05, 0) is 30.6 Å². The van der Waals surface area contributed by atoms with Crippen LogP contribution in [0.4, 0.5) is 0 Å². The standard InChI is InChI=1S/C10H18/c1-8-3-2-4-9-7-10(9)6-5-8/h8-10H,2-7H2,1H3/t8?,9-,10+/m1/s1. The first-order chi connectivity index (χ1) is 4.86. The summed E-state index contributed by atoms with van der Waals surface area (Å²) >= 11 is 0. The van der Waals surface area contributed by atoms with Crippen molar-refractivity contribution in [2.24, 2.45) is 17.8 Å². The van der Waals surface area contributed by atoms with E-state index >= 15 is 0 Å². The SMILES string of the molecule is CC1CCC[C@@H]2C[C@@H]2CC1. The predicted octanol–water partition coefficient (Wildman–Crippen LogP) is 3.22. The van der Waals surface area contributed by atoms with Crippen molar-refractivity contribution in [1.29, 1.82) is 0 Å². The molecule has 2 aliphatic carbocycles. The number of hydrogen-bond donors (Lipinski definition) is 0. The van der Waals surface area contributed by atoms with Gasteiger partial charge in [0, 0.05) is 0 Å². The van der Waals surface area contributed by atoms with Crippen LogP contribution in [0.5, 0.6) is 0 Å². The zero-order valence-corrected chi connectivity index (χ0v) is 6.97. The van der Waals surface area contributed by atoms with E-state index in [1.54, 1.807) is 19.3 Å². The lowest BCUT2D eigenvalue weighted by Gasteiger charge is -2.13. The molecule has 0 nitrogen and oxygen atoms in total. The van der Waals surface area contributed by atoms with Crippen molar-refractivity contribution in [2.45, 2.75) is 45.4 Å². The summed E-state index contributed by atoms with van der Waals surface area (Å²) in [5.41, 5.74) is 0. The second kappa shape index (κ2) is 2.56. The highest BCUT2D eigenvalue weighted by molar-refractivity contribution is 4.87. The Morgan fingerprint density at radius 2 is 1.70 bits per heavy atom. The maximum absolute atomic E-state index is 2.42. The van der Waals surface area contributed by atoms with Crippen LogP contribution in [0.15, 0.2) is 0 Å². The molecule has 0 aliphatic heterocycles. The Balaban J connectivity index is 1.83. The van der Waals surface area contributed by atoms with Gasteiger partial charge in [-0.15, -0.1) is 0 Å². The quantitative estimate of drug-likeness (QED) is 0.482. The molecule has 0 aromatic heterocycles. The Morgan fingerprint density at radius 3 is 2.60 bits per heavy atom. The first kappa shape index (κ1) is 6.69. The predicted molar refractivity (Wildman–Crippen MR) is 43.8 cm³/mol. The second-order valence-corrected chi connectivity index (χ2v) is 4.37. The van der Waals surface area contributed by atoms with E-state index in [-0.39, 0.29) is 0 Å². The molecule has 2 rings (SSSR count). The third-order valence-corrected chi connectivity index (χ3v) is 3.37. The topological polar surface area (TPSA) is 0 Å².